The maximum Gasteiger partial charge on any atom is 0.131 e. The number of aryl methyl sites for hydroxylation is 1. The maximum atomic E-state index is 4.72. The Morgan fingerprint density at radius 2 is 1.90 bits per heavy atom. The molecule has 2 heteroatoms. The lowest BCUT2D eigenvalue weighted by atomic mass is 10.2. The van der Waals surface area contributed by atoms with E-state index < -0.39 is 0 Å². The van der Waals surface area contributed by atoms with Crippen molar-refractivity contribution in [1.29, 1.82) is 0 Å². The topological polar surface area (TPSA) is 36.9 Å². The predicted molar refractivity (Wildman–Crippen MR) is 38.9 cm³/mol. The van der Waals surface area contributed by atoms with Crippen LogP contribution in [0.4, 0.5) is 0 Å². The van der Waals surface area contributed by atoms with Crippen LogP contribution in [0, 0.1) is 6.92 Å². The van der Waals surface area contributed by atoms with E-state index in [9.17, 15) is 0 Å². The summed E-state index contributed by atoms with van der Waals surface area (Å²) in [6.45, 7) is 2.66. The molecule has 0 fully saturated rings. The van der Waals surface area contributed by atoms with Gasteiger partial charge in [-0.25, -0.2) is 10.7 Å². The molecule has 0 heterocycles. The molecule has 0 spiro atoms. The van der Waals surface area contributed by atoms with E-state index in [0.29, 0.717) is 6.61 Å². The summed E-state index contributed by atoms with van der Waals surface area (Å²) >= 11 is 0. The van der Waals surface area contributed by atoms with Gasteiger partial charge in [-0.3, -0.25) is 0 Å². The summed E-state index contributed by atoms with van der Waals surface area (Å²) in [4.78, 5) is 4.72. The molecule has 54 valence electrons. The summed E-state index contributed by atoms with van der Waals surface area (Å²) in [5, 5.41) is 0. The van der Waals surface area contributed by atoms with Crippen molar-refractivity contribution in [2.24, 2.45) is 0 Å². The first-order valence-electron chi connectivity index (χ1n) is 3.25. The fourth-order valence-electron chi connectivity index (χ4n) is 0.802. The number of benzene rings is 1. The molecule has 0 aliphatic rings. The fraction of sp³-hybridized carbons (Fsp3) is 0.250. The first kappa shape index (κ1) is 7.25. The van der Waals surface area contributed by atoms with E-state index in [4.69, 9.17) is 4.84 Å². The second-order valence-electron chi connectivity index (χ2n) is 2.33. The molecule has 0 aliphatic heterocycles. The number of quaternary nitrogens is 1. The highest BCUT2D eigenvalue weighted by atomic mass is 16.6. The van der Waals surface area contributed by atoms with E-state index in [1.807, 2.05) is 12.1 Å². The van der Waals surface area contributed by atoms with Gasteiger partial charge in [0.1, 0.15) is 6.61 Å². The molecule has 0 saturated carbocycles. The molecule has 0 aromatic heterocycles. The Kier molecular flexibility index (Phi) is 2.42. The van der Waals surface area contributed by atoms with Gasteiger partial charge < -0.3 is 0 Å². The van der Waals surface area contributed by atoms with Crippen molar-refractivity contribution >= 4 is 0 Å². The van der Waals surface area contributed by atoms with Gasteiger partial charge in [-0.2, -0.15) is 0 Å². The Morgan fingerprint density at radius 3 is 2.40 bits per heavy atom. The van der Waals surface area contributed by atoms with Crippen molar-refractivity contribution in [3.05, 3.63) is 35.4 Å². The van der Waals surface area contributed by atoms with E-state index in [-0.39, 0.29) is 0 Å². The van der Waals surface area contributed by atoms with Crippen LogP contribution in [0.25, 0.3) is 0 Å². The Balaban J connectivity index is 2.69. The van der Waals surface area contributed by atoms with Gasteiger partial charge >= 0.3 is 0 Å². The third-order valence-corrected chi connectivity index (χ3v) is 1.39. The summed E-state index contributed by atoms with van der Waals surface area (Å²) in [5.74, 6) is 3.30. The molecule has 0 radical (unpaired) electrons. The lowest BCUT2D eigenvalue weighted by Crippen LogP contribution is -2.48. The average molecular weight is 138 g/mol. The average Bonchev–Trinajstić information content (AvgIpc) is 1.95. The van der Waals surface area contributed by atoms with Crippen molar-refractivity contribution < 1.29 is 10.7 Å². The van der Waals surface area contributed by atoms with Gasteiger partial charge in [-0.05, 0) is 12.5 Å². The Labute approximate surface area is 60.6 Å². The number of rotatable bonds is 2. The number of hydrogen-bond acceptors (Lipinski definition) is 1. The zero-order chi connectivity index (χ0) is 7.40. The van der Waals surface area contributed by atoms with Gasteiger partial charge in [0, 0.05) is 0 Å². The second-order valence-corrected chi connectivity index (χ2v) is 2.33. The van der Waals surface area contributed by atoms with Crippen LogP contribution >= 0.6 is 0 Å². The molecule has 1 aromatic carbocycles. The molecule has 0 saturated heterocycles. The monoisotopic (exact) mass is 138 g/mol. The van der Waals surface area contributed by atoms with Crippen molar-refractivity contribution in [3.8, 4) is 0 Å². The van der Waals surface area contributed by atoms with Crippen LogP contribution in [-0.2, 0) is 11.4 Å². The molecule has 0 aliphatic carbocycles. The first-order chi connectivity index (χ1) is 4.83. The van der Waals surface area contributed by atoms with Gasteiger partial charge in [0.25, 0.3) is 0 Å². The minimum absolute atomic E-state index is 0.598. The van der Waals surface area contributed by atoms with Gasteiger partial charge in [0.2, 0.25) is 0 Å². The summed E-state index contributed by atoms with van der Waals surface area (Å²) in [6.07, 6.45) is 0. The van der Waals surface area contributed by atoms with Crippen molar-refractivity contribution in [2.75, 3.05) is 0 Å². The maximum absolute atomic E-state index is 4.72. The van der Waals surface area contributed by atoms with Gasteiger partial charge in [0.15, 0.2) is 0 Å². The highest BCUT2D eigenvalue weighted by molar-refractivity contribution is 5.20. The van der Waals surface area contributed by atoms with Crippen LogP contribution in [0.3, 0.4) is 0 Å². The standard InChI is InChI=1S/C8H12NO/c1-7-2-4-8(5-3-7)6-10-9/h2-5H,6H2,1,9H3/q+1. The highest BCUT2D eigenvalue weighted by Gasteiger charge is 1.90. The van der Waals surface area contributed by atoms with Crippen LogP contribution in [0.1, 0.15) is 11.1 Å². The van der Waals surface area contributed by atoms with Crippen molar-refractivity contribution in [1.82, 2.24) is 0 Å². The van der Waals surface area contributed by atoms with E-state index in [0.717, 1.165) is 0 Å². The molecule has 1 rings (SSSR count). The van der Waals surface area contributed by atoms with Gasteiger partial charge in [0.05, 0.1) is 0 Å². The molecular formula is C8H12NO+. The third-order valence-electron chi connectivity index (χ3n) is 1.39. The van der Waals surface area contributed by atoms with Crippen LogP contribution in [0.15, 0.2) is 24.3 Å². The SMILES string of the molecule is Cc1ccc(CO[NH3+])cc1. The van der Waals surface area contributed by atoms with E-state index in [1.54, 1.807) is 0 Å². The highest BCUT2D eigenvalue weighted by Crippen LogP contribution is 2.02. The lowest BCUT2D eigenvalue weighted by Gasteiger charge is -1.95. The summed E-state index contributed by atoms with van der Waals surface area (Å²) < 4.78 is 0. The van der Waals surface area contributed by atoms with E-state index in [1.165, 1.54) is 11.1 Å². The molecular weight excluding hydrogens is 126 g/mol. The van der Waals surface area contributed by atoms with Crippen LogP contribution in [0.2, 0.25) is 0 Å². The minimum atomic E-state index is 0.598. The zero-order valence-electron chi connectivity index (χ0n) is 6.13. The van der Waals surface area contributed by atoms with Crippen molar-refractivity contribution in [3.63, 3.8) is 0 Å². The third kappa shape index (κ3) is 1.83. The first-order valence-corrected chi connectivity index (χ1v) is 3.25. The van der Waals surface area contributed by atoms with Gasteiger partial charge in [-0.1, -0.05) is 29.8 Å². The van der Waals surface area contributed by atoms with Crippen LogP contribution in [0.5, 0.6) is 0 Å². The summed E-state index contributed by atoms with van der Waals surface area (Å²) in [5.41, 5.74) is 2.44. The summed E-state index contributed by atoms with van der Waals surface area (Å²) in [7, 11) is 0. The molecule has 0 bridgehead atoms. The predicted octanol–water partition coefficient (Wildman–Crippen LogP) is 0.669. The number of hydrogen-bond donors (Lipinski definition) is 1. The second kappa shape index (κ2) is 3.34. The van der Waals surface area contributed by atoms with Crippen LogP contribution < -0.4 is 5.90 Å². The Bertz CT molecular complexity index is 193. The molecule has 0 amide bonds. The van der Waals surface area contributed by atoms with Gasteiger partial charge in [-0.15, -0.1) is 0 Å². The molecule has 0 unspecified atom stereocenters. The molecule has 3 N–H and O–H groups in total. The van der Waals surface area contributed by atoms with Crippen molar-refractivity contribution in [2.45, 2.75) is 13.5 Å². The fourth-order valence-corrected chi connectivity index (χ4v) is 0.802. The molecule has 1 aromatic rings. The zero-order valence-corrected chi connectivity index (χ0v) is 6.13. The normalized spacial score (nSPS) is 9.80. The quantitative estimate of drug-likeness (QED) is 0.599. The molecule has 10 heavy (non-hydrogen) atoms. The lowest BCUT2D eigenvalue weighted by molar-refractivity contribution is -0.695. The van der Waals surface area contributed by atoms with E-state index >= 15 is 0 Å². The molecule has 2 nitrogen and oxygen atoms in total. The smallest absolute Gasteiger partial charge is 0.131 e. The van der Waals surface area contributed by atoms with E-state index in [2.05, 4.69) is 25.0 Å². The summed E-state index contributed by atoms with van der Waals surface area (Å²) in [6, 6.07) is 8.21. The minimum Gasteiger partial charge on any atom is -0.212 e. The molecule has 0 atom stereocenters. The largest absolute Gasteiger partial charge is 0.212 e. The Hall–Kier alpha value is -0.860. The van der Waals surface area contributed by atoms with Crippen LogP contribution in [-0.4, -0.2) is 0 Å². The Morgan fingerprint density at radius 1 is 1.30 bits per heavy atom.